The number of aromatic hydroxyl groups is 1. The van der Waals surface area contributed by atoms with Gasteiger partial charge in [-0.1, -0.05) is 0 Å². The van der Waals surface area contributed by atoms with Crippen LogP contribution in [0.4, 0.5) is 0 Å². The van der Waals surface area contributed by atoms with Crippen molar-refractivity contribution in [1.29, 1.82) is 0 Å². The molecule has 0 atom stereocenters. The van der Waals surface area contributed by atoms with Crippen molar-refractivity contribution in [3.05, 3.63) is 17.8 Å². The van der Waals surface area contributed by atoms with E-state index in [9.17, 15) is 5.11 Å². The summed E-state index contributed by atoms with van der Waals surface area (Å²) in [5.74, 6) is 0.522. The number of aromatic nitrogens is 1. The van der Waals surface area contributed by atoms with Gasteiger partial charge in [0.2, 0.25) is 0 Å². The quantitative estimate of drug-likeness (QED) is 0.781. The van der Waals surface area contributed by atoms with Crippen molar-refractivity contribution < 1.29 is 14.4 Å². The van der Waals surface area contributed by atoms with Gasteiger partial charge >= 0.3 is 7.12 Å². The molecule has 1 aromatic rings. The van der Waals surface area contributed by atoms with Crippen LogP contribution in [0.5, 0.6) is 5.75 Å². The van der Waals surface area contributed by atoms with Gasteiger partial charge in [-0.25, -0.2) is 0 Å². The Morgan fingerprint density at radius 1 is 1.20 bits per heavy atom. The normalized spacial score (nSPS) is 24.7. The largest absolute Gasteiger partial charge is 0.514 e. The fourth-order valence-electron chi connectivity index (χ4n) is 2.36. The van der Waals surface area contributed by atoms with E-state index in [1.54, 1.807) is 12.1 Å². The molecular formula is C14H21BN2O3. The van der Waals surface area contributed by atoms with Crippen molar-refractivity contribution in [2.45, 2.75) is 44.8 Å². The van der Waals surface area contributed by atoms with Crippen LogP contribution < -0.4 is 10.9 Å². The summed E-state index contributed by atoms with van der Waals surface area (Å²) in [6.07, 6.45) is 0. The van der Waals surface area contributed by atoms with Crippen molar-refractivity contribution in [3.8, 4) is 5.75 Å². The van der Waals surface area contributed by atoms with Crippen LogP contribution in [0.25, 0.3) is 0 Å². The lowest BCUT2D eigenvalue weighted by Gasteiger charge is -2.32. The minimum atomic E-state index is -0.479. The van der Waals surface area contributed by atoms with Crippen LogP contribution in [0.15, 0.2) is 12.1 Å². The highest BCUT2D eigenvalue weighted by Crippen LogP contribution is 2.36. The van der Waals surface area contributed by atoms with Crippen LogP contribution in [0, 0.1) is 0 Å². The zero-order chi connectivity index (χ0) is 14.5. The second kappa shape index (κ2) is 4.45. The van der Waals surface area contributed by atoms with Gasteiger partial charge in [-0.05, 0) is 39.8 Å². The van der Waals surface area contributed by atoms with Gasteiger partial charge in [-0.15, -0.1) is 0 Å². The average molecular weight is 276 g/mol. The Morgan fingerprint density at radius 2 is 1.80 bits per heavy atom. The van der Waals surface area contributed by atoms with Crippen LogP contribution in [-0.4, -0.2) is 41.5 Å². The summed E-state index contributed by atoms with van der Waals surface area (Å²) in [4.78, 5) is 4.57. The molecule has 0 saturated carbocycles. The third kappa shape index (κ3) is 2.12. The van der Waals surface area contributed by atoms with Crippen LogP contribution in [0.1, 0.15) is 39.3 Å². The van der Waals surface area contributed by atoms with Gasteiger partial charge in [0, 0.05) is 19.0 Å². The van der Waals surface area contributed by atoms with E-state index in [1.165, 1.54) is 0 Å². The highest BCUT2D eigenvalue weighted by molar-refractivity contribution is 6.61. The molecule has 0 radical (unpaired) electrons. The summed E-state index contributed by atoms with van der Waals surface area (Å²) in [6, 6.07) is 3.45. The Kier molecular flexibility index (Phi) is 3.08. The number of hydrogen-bond acceptors (Lipinski definition) is 5. The van der Waals surface area contributed by atoms with E-state index in [0.717, 1.165) is 24.4 Å². The second-order valence-electron chi connectivity index (χ2n) is 6.58. The van der Waals surface area contributed by atoms with Crippen molar-refractivity contribution in [3.63, 3.8) is 0 Å². The lowest BCUT2D eigenvalue weighted by atomic mass is 9.83. The summed E-state index contributed by atoms with van der Waals surface area (Å²) in [6.45, 7) is 9.78. The SMILES string of the molecule is CC1(C)OB(c2ccc(O)c(C3CNC3)n2)OC1(C)C. The van der Waals surface area contributed by atoms with E-state index in [4.69, 9.17) is 9.31 Å². The minimum Gasteiger partial charge on any atom is -0.506 e. The highest BCUT2D eigenvalue weighted by Gasteiger charge is 2.52. The number of pyridine rings is 1. The standard InChI is InChI=1S/C14H21BN2O3/c1-13(2)14(3,4)20-15(19-13)11-6-5-10(18)12(17-11)9-7-16-8-9/h5-6,9,16,18H,7-8H2,1-4H3. The van der Waals surface area contributed by atoms with E-state index in [1.807, 2.05) is 27.7 Å². The molecule has 0 unspecified atom stereocenters. The van der Waals surface area contributed by atoms with Gasteiger partial charge in [0.15, 0.2) is 0 Å². The highest BCUT2D eigenvalue weighted by atomic mass is 16.7. The molecule has 2 N–H and O–H groups in total. The van der Waals surface area contributed by atoms with Gasteiger partial charge in [0.1, 0.15) is 5.75 Å². The molecule has 0 aromatic carbocycles. The van der Waals surface area contributed by atoms with E-state index in [2.05, 4.69) is 10.3 Å². The molecule has 0 aliphatic carbocycles. The molecule has 5 nitrogen and oxygen atoms in total. The summed E-state index contributed by atoms with van der Waals surface area (Å²) < 4.78 is 12.0. The molecule has 3 rings (SSSR count). The number of rotatable bonds is 2. The molecule has 0 spiro atoms. The fraction of sp³-hybridized carbons (Fsp3) is 0.643. The molecule has 0 amide bonds. The molecule has 2 fully saturated rings. The first-order valence-electron chi connectivity index (χ1n) is 7.06. The van der Waals surface area contributed by atoms with Crippen LogP contribution in [0.2, 0.25) is 0 Å². The van der Waals surface area contributed by atoms with Crippen LogP contribution >= 0.6 is 0 Å². The Morgan fingerprint density at radius 3 is 2.30 bits per heavy atom. The van der Waals surface area contributed by atoms with Crippen LogP contribution in [-0.2, 0) is 9.31 Å². The number of nitrogens with zero attached hydrogens (tertiary/aromatic N) is 1. The van der Waals surface area contributed by atoms with Crippen LogP contribution in [0.3, 0.4) is 0 Å². The van der Waals surface area contributed by atoms with E-state index >= 15 is 0 Å². The third-order valence-corrected chi connectivity index (χ3v) is 4.59. The number of nitrogens with one attached hydrogen (secondary N) is 1. The van der Waals surface area contributed by atoms with Crippen molar-refractivity contribution in [2.24, 2.45) is 0 Å². The zero-order valence-corrected chi connectivity index (χ0v) is 12.4. The Balaban J connectivity index is 1.88. The van der Waals surface area contributed by atoms with Crippen molar-refractivity contribution in [2.75, 3.05) is 13.1 Å². The summed E-state index contributed by atoms with van der Waals surface area (Å²) in [5.41, 5.74) is 0.699. The maximum Gasteiger partial charge on any atom is 0.514 e. The molecular weight excluding hydrogens is 255 g/mol. The van der Waals surface area contributed by atoms with E-state index in [0.29, 0.717) is 0 Å². The first-order chi connectivity index (χ1) is 9.30. The molecule has 3 heterocycles. The summed E-state index contributed by atoms with van der Waals surface area (Å²) >= 11 is 0. The molecule has 2 aliphatic rings. The molecule has 0 bridgehead atoms. The lowest BCUT2D eigenvalue weighted by Crippen LogP contribution is -2.43. The molecule has 1 aromatic heterocycles. The molecule has 2 saturated heterocycles. The molecule has 6 heteroatoms. The van der Waals surface area contributed by atoms with Gasteiger partial charge in [-0.3, -0.25) is 4.98 Å². The predicted molar refractivity (Wildman–Crippen MR) is 77.2 cm³/mol. The topological polar surface area (TPSA) is 63.6 Å². The monoisotopic (exact) mass is 276 g/mol. The Bertz CT molecular complexity index is 513. The molecule has 2 aliphatic heterocycles. The maximum atomic E-state index is 9.95. The first kappa shape index (κ1) is 13.9. The second-order valence-corrected chi connectivity index (χ2v) is 6.58. The molecule has 20 heavy (non-hydrogen) atoms. The minimum absolute atomic E-state index is 0.247. The van der Waals surface area contributed by atoms with Gasteiger partial charge in [-0.2, -0.15) is 0 Å². The molecule has 108 valence electrons. The lowest BCUT2D eigenvalue weighted by molar-refractivity contribution is 0.00578. The number of hydrogen-bond donors (Lipinski definition) is 2. The fourth-order valence-corrected chi connectivity index (χ4v) is 2.36. The van der Waals surface area contributed by atoms with Crippen molar-refractivity contribution in [1.82, 2.24) is 10.3 Å². The van der Waals surface area contributed by atoms with E-state index < -0.39 is 7.12 Å². The summed E-state index contributed by atoms with van der Waals surface area (Å²) in [7, 11) is -0.479. The first-order valence-corrected chi connectivity index (χ1v) is 7.06. The van der Waals surface area contributed by atoms with E-state index in [-0.39, 0.29) is 22.9 Å². The Hall–Kier alpha value is -1.11. The van der Waals surface area contributed by atoms with Crippen molar-refractivity contribution >= 4 is 12.7 Å². The van der Waals surface area contributed by atoms with Gasteiger partial charge < -0.3 is 19.7 Å². The smallest absolute Gasteiger partial charge is 0.506 e. The Labute approximate surface area is 119 Å². The zero-order valence-electron chi connectivity index (χ0n) is 12.4. The predicted octanol–water partition coefficient (Wildman–Crippen LogP) is 0.773. The van der Waals surface area contributed by atoms with Gasteiger partial charge in [0.25, 0.3) is 0 Å². The third-order valence-electron chi connectivity index (χ3n) is 4.59. The average Bonchev–Trinajstić information content (AvgIpc) is 2.49. The summed E-state index contributed by atoms with van der Waals surface area (Å²) in [5, 5.41) is 13.1. The maximum absolute atomic E-state index is 9.95. The van der Waals surface area contributed by atoms with Gasteiger partial charge in [0.05, 0.1) is 22.5 Å².